The Morgan fingerprint density at radius 3 is 2.64 bits per heavy atom. The zero-order chi connectivity index (χ0) is 18.6. The predicted molar refractivity (Wildman–Crippen MR) is 93.0 cm³/mol. The van der Waals surface area contributed by atoms with Crippen LogP contribution in [0.25, 0.3) is 0 Å². The second-order valence-corrected chi connectivity index (χ2v) is 7.97. The van der Waals surface area contributed by atoms with Gasteiger partial charge in [0.05, 0.1) is 10.6 Å². The summed E-state index contributed by atoms with van der Waals surface area (Å²) in [5, 5.41) is 2.63. The molecule has 0 spiro atoms. The number of carbonyl (C=O) groups excluding carboxylic acids is 2. The van der Waals surface area contributed by atoms with Crippen LogP contribution in [0.15, 0.2) is 23.1 Å². The third-order valence-electron chi connectivity index (χ3n) is 3.56. The van der Waals surface area contributed by atoms with E-state index in [1.807, 2.05) is 6.92 Å². The summed E-state index contributed by atoms with van der Waals surface area (Å²) in [6.07, 6.45) is 1.34. The molecule has 1 aliphatic carbocycles. The molecule has 1 fully saturated rings. The highest BCUT2D eigenvalue weighted by molar-refractivity contribution is 7.89. The summed E-state index contributed by atoms with van der Waals surface area (Å²) in [6, 6.07) is 3.75. The molecule has 9 heteroatoms. The summed E-state index contributed by atoms with van der Waals surface area (Å²) < 4.78 is 32.2. The minimum atomic E-state index is -3.81. The van der Waals surface area contributed by atoms with Crippen LogP contribution < -0.4 is 10.0 Å². The van der Waals surface area contributed by atoms with Gasteiger partial charge >= 0.3 is 5.97 Å². The van der Waals surface area contributed by atoms with Gasteiger partial charge in [0, 0.05) is 12.6 Å². The number of halogens is 1. The zero-order valence-corrected chi connectivity index (χ0v) is 15.6. The molecule has 1 atom stereocenters. The van der Waals surface area contributed by atoms with Crippen LogP contribution >= 0.6 is 11.6 Å². The SMILES string of the molecule is CCCNC(=O)[C@H](C)OC(=O)c1ccc(Cl)c(S(=O)(=O)NC2CC2)c1. The third-order valence-corrected chi connectivity index (χ3v) is 5.56. The van der Waals surface area contributed by atoms with Crippen molar-refractivity contribution in [2.24, 2.45) is 0 Å². The van der Waals surface area contributed by atoms with E-state index < -0.39 is 28.0 Å². The summed E-state index contributed by atoms with van der Waals surface area (Å²) in [7, 11) is -3.81. The van der Waals surface area contributed by atoms with Gasteiger partial charge in [0.1, 0.15) is 4.90 Å². The number of ether oxygens (including phenoxy) is 1. The van der Waals surface area contributed by atoms with Crippen molar-refractivity contribution in [1.29, 1.82) is 0 Å². The number of hydrogen-bond acceptors (Lipinski definition) is 5. The number of sulfonamides is 1. The first-order valence-electron chi connectivity index (χ1n) is 8.05. The molecule has 1 aromatic rings. The predicted octanol–water partition coefficient (Wildman–Crippen LogP) is 1.85. The molecular formula is C16H21ClN2O5S. The fraction of sp³-hybridized carbons (Fsp3) is 0.500. The lowest BCUT2D eigenvalue weighted by atomic mass is 10.2. The Morgan fingerprint density at radius 2 is 2.04 bits per heavy atom. The lowest BCUT2D eigenvalue weighted by Gasteiger charge is -2.14. The van der Waals surface area contributed by atoms with Crippen molar-refractivity contribution in [3.05, 3.63) is 28.8 Å². The standard InChI is InChI=1S/C16H21ClN2O5S/c1-3-8-18-15(20)10(2)24-16(21)11-4-7-13(17)14(9-11)25(22,23)19-12-5-6-12/h4,7,9-10,12,19H,3,5-6,8H2,1-2H3,(H,18,20)/t10-/m0/s1. The topological polar surface area (TPSA) is 102 Å². The van der Waals surface area contributed by atoms with Gasteiger partial charge in [-0.3, -0.25) is 4.79 Å². The quantitative estimate of drug-likeness (QED) is 0.662. The van der Waals surface area contributed by atoms with E-state index in [4.69, 9.17) is 16.3 Å². The Balaban J connectivity index is 2.12. The van der Waals surface area contributed by atoms with Gasteiger partial charge in [0.25, 0.3) is 5.91 Å². The first-order chi connectivity index (χ1) is 11.7. The Hall–Kier alpha value is -1.64. The largest absolute Gasteiger partial charge is 0.449 e. The van der Waals surface area contributed by atoms with Crippen molar-refractivity contribution in [1.82, 2.24) is 10.0 Å². The maximum atomic E-state index is 12.3. The van der Waals surface area contributed by atoms with E-state index in [1.54, 1.807) is 0 Å². The fourth-order valence-corrected chi connectivity index (χ4v) is 3.83. The van der Waals surface area contributed by atoms with Crippen molar-refractivity contribution < 1.29 is 22.7 Å². The maximum absolute atomic E-state index is 12.3. The van der Waals surface area contributed by atoms with Crippen LogP contribution in [-0.4, -0.2) is 39.0 Å². The second kappa shape index (κ2) is 8.16. The highest BCUT2D eigenvalue weighted by Gasteiger charge is 2.30. The van der Waals surface area contributed by atoms with E-state index in [-0.39, 0.29) is 21.5 Å². The monoisotopic (exact) mass is 388 g/mol. The Kier molecular flexibility index (Phi) is 6.42. The maximum Gasteiger partial charge on any atom is 0.338 e. The number of esters is 1. The smallest absolute Gasteiger partial charge is 0.338 e. The number of benzene rings is 1. The van der Waals surface area contributed by atoms with Gasteiger partial charge in [-0.2, -0.15) is 0 Å². The van der Waals surface area contributed by atoms with E-state index in [0.717, 1.165) is 25.3 Å². The van der Waals surface area contributed by atoms with Crippen LogP contribution in [0.4, 0.5) is 0 Å². The van der Waals surface area contributed by atoms with Gasteiger partial charge in [-0.15, -0.1) is 0 Å². The lowest BCUT2D eigenvalue weighted by molar-refractivity contribution is -0.129. The highest BCUT2D eigenvalue weighted by atomic mass is 35.5. The van der Waals surface area contributed by atoms with Gasteiger partial charge in [-0.1, -0.05) is 18.5 Å². The molecule has 0 bridgehead atoms. The van der Waals surface area contributed by atoms with E-state index >= 15 is 0 Å². The van der Waals surface area contributed by atoms with Crippen molar-refractivity contribution >= 4 is 33.5 Å². The summed E-state index contributed by atoms with van der Waals surface area (Å²) in [5.74, 6) is -1.20. The number of rotatable bonds is 8. The van der Waals surface area contributed by atoms with Gasteiger partial charge < -0.3 is 10.1 Å². The molecule has 2 rings (SSSR count). The molecule has 1 aliphatic rings. The highest BCUT2D eigenvalue weighted by Crippen LogP contribution is 2.27. The van der Waals surface area contributed by atoms with Crippen LogP contribution in [-0.2, 0) is 19.6 Å². The van der Waals surface area contributed by atoms with Crippen LogP contribution in [0.3, 0.4) is 0 Å². The van der Waals surface area contributed by atoms with Crippen LogP contribution in [0, 0.1) is 0 Å². The molecular weight excluding hydrogens is 368 g/mol. The normalized spacial score (nSPS) is 15.5. The molecule has 0 heterocycles. The molecule has 1 aromatic carbocycles. The Labute approximate surface area is 152 Å². The average Bonchev–Trinajstić information content (AvgIpc) is 3.35. The molecule has 1 amide bonds. The van der Waals surface area contributed by atoms with Crippen molar-refractivity contribution in [2.45, 2.75) is 50.2 Å². The van der Waals surface area contributed by atoms with E-state index in [9.17, 15) is 18.0 Å². The molecule has 0 aliphatic heterocycles. The number of amides is 1. The molecule has 0 radical (unpaired) electrons. The molecule has 138 valence electrons. The minimum Gasteiger partial charge on any atom is -0.449 e. The third kappa shape index (κ3) is 5.42. The van der Waals surface area contributed by atoms with Crippen molar-refractivity contribution in [2.75, 3.05) is 6.54 Å². The van der Waals surface area contributed by atoms with Crippen LogP contribution in [0.5, 0.6) is 0 Å². The molecule has 2 N–H and O–H groups in total. The zero-order valence-electron chi connectivity index (χ0n) is 14.0. The summed E-state index contributed by atoms with van der Waals surface area (Å²) in [4.78, 5) is 23.8. The fourth-order valence-electron chi connectivity index (χ4n) is 1.99. The molecule has 0 unspecified atom stereocenters. The molecule has 7 nitrogen and oxygen atoms in total. The summed E-state index contributed by atoms with van der Waals surface area (Å²) in [5.41, 5.74) is 0.00992. The summed E-state index contributed by atoms with van der Waals surface area (Å²) in [6.45, 7) is 3.84. The molecule has 25 heavy (non-hydrogen) atoms. The van der Waals surface area contributed by atoms with E-state index in [1.165, 1.54) is 19.1 Å². The van der Waals surface area contributed by atoms with Crippen LogP contribution in [0.2, 0.25) is 5.02 Å². The number of carbonyl (C=O) groups is 2. The number of hydrogen-bond donors (Lipinski definition) is 2. The molecule has 0 saturated heterocycles. The van der Waals surface area contributed by atoms with Gasteiger partial charge in [0.2, 0.25) is 10.0 Å². The molecule has 1 saturated carbocycles. The second-order valence-electron chi connectivity index (χ2n) is 5.88. The van der Waals surface area contributed by atoms with Gasteiger partial charge in [-0.25, -0.2) is 17.9 Å². The average molecular weight is 389 g/mol. The summed E-state index contributed by atoms with van der Waals surface area (Å²) >= 11 is 5.97. The molecule has 0 aromatic heterocycles. The minimum absolute atomic E-state index is 0.00992. The van der Waals surface area contributed by atoms with Crippen molar-refractivity contribution in [3.8, 4) is 0 Å². The number of nitrogens with one attached hydrogen (secondary N) is 2. The van der Waals surface area contributed by atoms with E-state index in [0.29, 0.717) is 6.54 Å². The van der Waals surface area contributed by atoms with Gasteiger partial charge in [0.15, 0.2) is 6.10 Å². The van der Waals surface area contributed by atoms with Crippen molar-refractivity contribution in [3.63, 3.8) is 0 Å². The Morgan fingerprint density at radius 1 is 1.36 bits per heavy atom. The Bertz CT molecular complexity index is 762. The lowest BCUT2D eigenvalue weighted by Crippen LogP contribution is -2.36. The van der Waals surface area contributed by atoms with E-state index in [2.05, 4.69) is 10.0 Å². The van der Waals surface area contributed by atoms with Crippen LogP contribution in [0.1, 0.15) is 43.5 Å². The first-order valence-corrected chi connectivity index (χ1v) is 9.91. The first kappa shape index (κ1) is 19.7. The van der Waals surface area contributed by atoms with Gasteiger partial charge in [-0.05, 0) is 44.4 Å².